The lowest BCUT2D eigenvalue weighted by molar-refractivity contribution is -0.742. The average Bonchev–Trinajstić information content (AvgIpc) is 3.30. The van der Waals surface area contributed by atoms with E-state index in [9.17, 15) is 0 Å². The molecule has 0 bridgehead atoms. The standard InChI is InChI=1S/C59H118O16/c1-24-31-34-36-41-65-58(73-55(70-49(14)15,63-39-33-26-3)53(29-6,69-48(12)13)54(45-60-23,61-30-7)62-38-27-4)56(66-42-37-46(8)9,68-44-51(17,18)19)74-57(71-50(16)28-5,64-40-35-32-25-2)59(75-58,67-43-47(10)11)72-52(20,21)22/h46-50H,24-45H2,1-23H3. The first-order valence-corrected chi connectivity index (χ1v) is 29.5. The molecule has 1 fully saturated rings. The third kappa shape index (κ3) is 21.0. The van der Waals surface area contributed by atoms with Gasteiger partial charge in [-0.05, 0) is 125 Å². The van der Waals surface area contributed by atoms with Crippen LogP contribution in [0.3, 0.4) is 0 Å². The Hall–Kier alpha value is -0.640. The van der Waals surface area contributed by atoms with Gasteiger partial charge in [-0.3, -0.25) is 14.2 Å². The van der Waals surface area contributed by atoms with Crippen molar-refractivity contribution < 1.29 is 75.8 Å². The zero-order chi connectivity index (χ0) is 57.3. The second-order valence-electron chi connectivity index (χ2n) is 23.9. The molecule has 75 heavy (non-hydrogen) atoms. The molecular weight excluding hydrogens is 965 g/mol. The lowest BCUT2D eigenvalue weighted by Gasteiger charge is -2.63. The van der Waals surface area contributed by atoms with E-state index in [1.165, 1.54) is 0 Å². The molecule has 0 aliphatic carbocycles. The lowest BCUT2D eigenvalue weighted by Crippen LogP contribution is -2.85. The summed E-state index contributed by atoms with van der Waals surface area (Å²) in [6.07, 6.45) is 7.20. The number of methoxy groups -OCH3 is 1. The van der Waals surface area contributed by atoms with Crippen molar-refractivity contribution in [3.8, 4) is 0 Å². The largest absolute Gasteiger partial charge is 0.379 e. The summed E-state index contributed by atoms with van der Waals surface area (Å²) in [4.78, 5) is 0. The summed E-state index contributed by atoms with van der Waals surface area (Å²) < 4.78 is 117. The molecule has 0 saturated carbocycles. The molecule has 1 saturated heterocycles. The molecule has 0 amide bonds. The lowest BCUT2D eigenvalue weighted by atomic mass is 9.85. The molecule has 1 aliphatic heterocycles. The number of hydrogen-bond donors (Lipinski definition) is 0. The van der Waals surface area contributed by atoms with Gasteiger partial charge in [-0.2, -0.15) is 0 Å². The van der Waals surface area contributed by atoms with E-state index in [2.05, 4.69) is 55.4 Å². The summed E-state index contributed by atoms with van der Waals surface area (Å²) in [5.41, 5.74) is -3.48. The number of hydrogen-bond acceptors (Lipinski definition) is 16. The van der Waals surface area contributed by atoms with Gasteiger partial charge >= 0.3 is 29.9 Å². The maximum atomic E-state index is 8.07. The van der Waals surface area contributed by atoms with Crippen molar-refractivity contribution in [1.29, 1.82) is 0 Å². The van der Waals surface area contributed by atoms with E-state index in [-0.39, 0.29) is 77.7 Å². The van der Waals surface area contributed by atoms with Gasteiger partial charge in [-0.15, -0.1) is 0 Å². The average molecular weight is 1080 g/mol. The number of ether oxygens (including phenoxy) is 16. The minimum Gasteiger partial charge on any atom is -0.379 e. The van der Waals surface area contributed by atoms with Crippen LogP contribution in [0, 0.1) is 17.3 Å². The van der Waals surface area contributed by atoms with Gasteiger partial charge in [-0.1, -0.05) is 129 Å². The highest BCUT2D eigenvalue weighted by molar-refractivity contribution is 5.06. The van der Waals surface area contributed by atoms with Crippen LogP contribution in [0.2, 0.25) is 0 Å². The molecule has 1 aliphatic rings. The van der Waals surface area contributed by atoms with Gasteiger partial charge in [0.15, 0.2) is 0 Å². The summed E-state index contributed by atoms with van der Waals surface area (Å²) in [7, 11) is 1.59. The predicted octanol–water partition coefficient (Wildman–Crippen LogP) is 14.2. The fraction of sp³-hybridized carbons (Fsp3) is 1.00. The predicted molar refractivity (Wildman–Crippen MR) is 295 cm³/mol. The van der Waals surface area contributed by atoms with Gasteiger partial charge in [0.25, 0.3) is 0 Å². The van der Waals surface area contributed by atoms with E-state index in [1.54, 1.807) is 7.11 Å². The molecular formula is C59H118O16. The summed E-state index contributed by atoms with van der Waals surface area (Å²) in [6.45, 7) is 44.8. The third-order valence-corrected chi connectivity index (χ3v) is 12.0. The van der Waals surface area contributed by atoms with E-state index in [0.717, 1.165) is 38.5 Å². The maximum absolute atomic E-state index is 8.07. The van der Waals surface area contributed by atoms with Crippen molar-refractivity contribution in [2.75, 3.05) is 66.6 Å². The summed E-state index contributed by atoms with van der Waals surface area (Å²) >= 11 is 0. The first-order chi connectivity index (χ1) is 35.1. The normalized spacial score (nSPS) is 24.8. The minimum atomic E-state index is -2.77. The van der Waals surface area contributed by atoms with Crippen molar-refractivity contribution in [2.45, 2.75) is 301 Å². The number of unbranched alkanes of at least 4 members (excludes halogenated alkanes) is 6. The van der Waals surface area contributed by atoms with Gasteiger partial charge in [0.05, 0.1) is 63.6 Å². The highest BCUT2D eigenvalue weighted by atomic mass is 17.1. The van der Waals surface area contributed by atoms with Crippen molar-refractivity contribution in [3.63, 3.8) is 0 Å². The summed E-state index contributed by atoms with van der Waals surface area (Å²) in [5.74, 6) is -14.4. The van der Waals surface area contributed by atoms with Crippen molar-refractivity contribution >= 4 is 0 Å². The van der Waals surface area contributed by atoms with Crippen LogP contribution in [0.5, 0.6) is 0 Å². The Morgan fingerprint density at radius 3 is 1.53 bits per heavy atom. The van der Waals surface area contributed by atoms with Crippen LogP contribution in [0.1, 0.15) is 236 Å². The molecule has 16 heteroatoms. The Morgan fingerprint density at radius 2 is 1.04 bits per heavy atom. The quantitative estimate of drug-likeness (QED) is 0.0420. The Bertz CT molecular complexity index is 1460. The maximum Gasteiger partial charge on any atom is 0.379 e. The monoisotopic (exact) mass is 1080 g/mol. The van der Waals surface area contributed by atoms with Crippen LogP contribution in [0.15, 0.2) is 0 Å². The zero-order valence-corrected chi connectivity index (χ0v) is 52.5. The van der Waals surface area contributed by atoms with E-state index in [1.807, 2.05) is 96.9 Å². The molecule has 0 aromatic heterocycles. The topological polar surface area (TPSA) is 148 Å². The minimum absolute atomic E-state index is 0.0138. The zero-order valence-electron chi connectivity index (χ0n) is 52.5. The van der Waals surface area contributed by atoms with E-state index in [0.29, 0.717) is 38.5 Å². The van der Waals surface area contributed by atoms with Gasteiger partial charge in [-0.25, -0.2) is 0 Å². The second-order valence-corrected chi connectivity index (χ2v) is 23.9. The number of rotatable bonds is 44. The second kappa shape index (κ2) is 34.0. The molecule has 8 atom stereocenters. The fourth-order valence-corrected chi connectivity index (χ4v) is 8.40. The molecule has 0 aromatic carbocycles. The highest BCUT2D eigenvalue weighted by Gasteiger charge is 2.84. The molecule has 16 nitrogen and oxygen atoms in total. The van der Waals surface area contributed by atoms with Crippen molar-refractivity contribution in [1.82, 2.24) is 0 Å². The third-order valence-electron chi connectivity index (χ3n) is 12.0. The summed E-state index contributed by atoms with van der Waals surface area (Å²) in [6, 6.07) is 0. The Balaban J connectivity index is 5.49. The molecule has 0 aromatic rings. The van der Waals surface area contributed by atoms with Crippen molar-refractivity contribution in [2.24, 2.45) is 17.3 Å². The van der Waals surface area contributed by atoms with Crippen molar-refractivity contribution in [3.05, 3.63) is 0 Å². The van der Waals surface area contributed by atoms with Gasteiger partial charge in [0.1, 0.15) is 6.61 Å². The van der Waals surface area contributed by atoms with E-state index < -0.39 is 70.6 Å². The molecule has 1 heterocycles. The Labute approximate surface area is 459 Å². The van der Waals surface area contributed by atoms with Crippen LogP contribution in [-0.2, 0) is 75.8 Å². The smallest absolute Gasteiger partial charge is 0.379 e. The Morgan fingerprint density at radius 1 is 0.480 bits per heavy atom. The van der Waals surface area contributed by atoms with Gasteiger partial charge in [0, 0.05) is 20.3 Å². The van der Waals surface area contributed by atoms with E-state index >= 15 is 0 Å². The van der Waals surface area contributed by atoms with Crippen LogP contribution >= 0.6 is 0 Å². The van der Waals surface area contributed by atoms with E-state index in [4.69, 9.17) is 75.8 Å². The SMILES string of the molecule is CCCCCCOC1(OC(OCCCC)(OC(C)C)C(CC)(OC(C)C)C(COC)(OCC)OCCC)OC(OCC(C)C)(OC(C)(C)C)C(OCCCCC)(OC(C)CC)OC1(OCCC(C)C)OCC(C)(C)C. The van der Waals surface area contributed by atoms with Crippen LogP contribution in [0.4, 0.5) is 0 Å². The fourth-order valence-electron chi connectivity index (χ4n) is 8.40. The highest BCUT2D eigenvalue weighted by Crippen LogP contribution is 2.59. The Kier molecular flexibility index (Phi) is 32.8. The first kappa shape index (κ1) is 72.4. The molecule has 0 radical (unpaired) electrons. The van der Waals surface area contributed by atoms with Gasteiger partial charge in [0.2, 0.25) is 11.4 Å². The van der Waals surface area contributed by atoms with Crippen LogP contribution in [0.25, 0.3) is 0 Å². The summed E-state index contributed by atoms with van der Waals surface area (Å²) in [5, 5.41) is 0. The molecule has 8 unspecified atom stereocenters. The van der Waals surface area contributed by atoms with Crippen LogP contribution in [-0.4, -0.2) is 132 Å². The molecule has 0 spiro atoms. The van der Waals surface area contributed by atoms with Crippen LogP contribution < -0.4 is 0 Å². The molecule has 0 N–H and O–H groups in total. The first-order valence-electron chi connectivity index (χ1n) is 29.5. The molecule has 1 rings (SSSR count). The molecule has 450 valence electrons. The van der Waals surface area contributed by atoms with Gasteiger partial charge < -0.3 is 61.6 Å².